The van der Waals surface area contributed by atoms with E-state index in [1.54, 1.807) is 13.8 Å². The minimum absolute atomic E-state index is 0.0325. The molecule has 0 bridgehead atoms. The number of carbonyl (C=O) groups excluding carboxylic acids is 1. The summed E-state index contributed by atoms with van der Waals surface area (Å²) in [4.78, 5) is 18.8. The van der Waals surface area contributed by atoms with Gasteiger partial charge in [-0.05, 0) is 44.7 Å². The summed E-state index contributed by atoms with van der Waals surface area (Å²) in [5.41, 5.74) is -0.939. The monoisotopic (exact) mass is 440 g/mol. The van der Waals surface area contributed by atoms with Crippen LogP contribution in [-0.2, 0) is 15.4 Å². The summed E-state index contributed by atoms with van der Waals surface area (Å²) >= 11 is 0. The van der Waals surface area contributed by atoms with Crippen LogP contribution in [0.25, 0.3) is 0 Å². The maximum Gasteiger partial charge on any atom is 0.256 e. The topological polar surface area (TPSA) is 105 Å². The van der Waals surface area contributed by atoms with E-state index in [1.807, 2.05) is 0 Å². The number of halogens is 2. The molecule has 4 rings (SSSR count). The van der Waals surface area contributed by atoms with Crippen LogP contribution in [0.4, 0.5) is 8.78 Å². The standard InChI is InChI=1S/C19H22F2N4O4S/c1-3-30(27,28)24-14-6-12-9-25(17(26)15-5-4-13(20)7-16(15)21)10-19(12,8-14)18-22-11(2)23-29-18/h4-5,7,12,14,24H,3,6,8-10H2,1-2H3/t12?,14-,19+/m1/s1. The predicted octanol–water partition coefficient (Wildman–Crippen LogP) is 1.77. The highest BCUT2D eigenvalue weighted by atomic mass is 32.2. The SMILES string of the molecule is CCS(=O)(=O)N[C@@H]1CC2CN(C(=O)c3ccc(F)cc3F)C[C@@]2(c2nc(C)no2)C1. The molecule has 1 saturated heterocycles. The highest BCUT2D eigenvalue weighted by molar-refractivity contribution is 7.89. The minimum Gasteiger partial charge on any atom is -0.339 e. The first kappa shape index (κ1) is 20.9. The van der Waals surface area contributed by atoms with Crippen LogP contribution >= 0.6 is 0 Å². The highest BCUT2D eigenvalue weighted by Gasteiger charge is 2.58. The van der Waals surface area contributed by atoms with Crippen molar-refractivity contribution in [2.45, 2.75) is 38.1 Å². The number of aryl methyl sites for hydroxylation is 1. The van der Waals surface area contributed by atoms with Crippen LogP contribution in [0.5, 0.6) is 0 Å². The smallest absolute Gasteiger partial charge is 0.256 e. The van der Waals surface area contributed by atoms with E-state index in [0.29, 0.717) is 30.6 Å². The molecule has 11 heteroatoms. The van der Waals surface area contributed by atoms with Crippen LogP contribution in [0.2, 0.25) is 0 Å². The van der Waals surface area contributed by atoms with Gasteiger partial charge in [0.15, 0.2) is 5.82 Å². The third kappa shape index (κ3) is 3.60. The van der Waals surface area contributed by atoms with E-state index < -0.39 is 33.0 Å². The van der Waals surface area contributed by atoms with Gasteiger partial charge in [-0.25, -0.2) is 21.9 Å². The van der Waals surface area contributed by atoms with Crippen molar-refractivity contribution in [3.05, 3.63) is 47.1 Å². The fourth-order valence-corrected chi connectivity index (χ4v) is 5.47. The van der Waals surface area contributed by atoms with Crippen molar-refractivity contribution < 1.29 is 26.5 Å². The number of likely N-dealkylation sites (tertiary alicyclic amines) is 1. The lowest BCUT2D eigenvalue weighted by Gasteiger charge is -2.25. The van der Waals surface area contributed by atoms with Gasteiger partial charge in [-0.3, -0.25) is 4.79 Å². The number of fused-ring (bicyclic) bond motifs is 1. The van der Waals surface area contributed by atoms with Gasteiger partial charge < -0.3 is 9.42 Å². The number of nitrogens with zero attached hydrogens (tertiary/aromatic N) is 3. The Balaban J connectivity index is 1.63. The van der Waals surface area contributed by atoms with Gasteiger partial charge in [0, 0.05) is 25.2 Å². The van der Waals surface area contributed by atoms with Crippen molar-refractivity contribution in [3.63, 3.8) is 0 Å². The second-order valence-corrected chi connectivity index (χ2v) is 10.0. The van der Waals surface area contributed by atoms with Gasteiger partial charge in [-0.2, -0.15) is 4.98 Å². The highest BCUT2D eigenvalue weighted by Crippen LogP contribution is 2.50. The van der Waals surface area contributed by atoms with Gasteiger partial charge in [0.25, 0.3) is 5.91 Å². The Kier molecular flexibility index (Phi) is 5.13. The van der Waals surface area contributed by atoms with Gasteiger partial charge in [0.05, 0.1) is 16.7 Å². The molecule has 2 heterocycles. The van der Waals surface area contributed by atoms with Gasteiger partial charge in [0.2, 0.25) is 15.9 Å². The molecule has 1 aromatic carbocycles. The first-order chi connectivity index (χ1) is 14.1. The molecule has 2 aliphatic rings. The predicted molar refractivity (Wildman–Crippen MR) is 102 cm³/mol. The molecule has 1 aromatic heterocycles. The van der Waals surface area contributed by atoms with Crippen LogP contribution in [0.15, 0.2) is 22.7 Å². The van der Waals surface area contributed by atoms with E-state index in [2.05, 4.69) is 14.9 Å². The summed E-state index contributed by atoms with van der Waals surface area (Å²) < 4.78 is 59.6. The number of aromatic nitrogens is 2. The van der Waals surface area contributed by atoms with E-state index in [9.17, 15) is 22.0 Å². The molecule has 1 aliphatic carbocycles. The first-order valence-corrected chi connectivity index (χ1v) is 11.3. The molecule has 0 radical (unpaired) electrons. The lowest BCUT2D eigenvalue weighted by Crippen LogP contribution is -2.40. The summed E-state index contributed by atoms with van der Waals surface area (Å²) in [5.74, 6) is -1.63. The molecular weight excluding hydrogens is 418 g/mol. The maximum absolute atomic E-state index is 14.1. The molecule has 1 amide bonds. The Hall–Kier alpha value is -2.40. The van der Waals surface area contributed by atoms with Gasteiger partial charge in [-0.1, -0.05) is 5.16 Å². The Morgan fingerprint density at radius 3 is 2.80 bits per heavy atom. The summed E-state index contributed by atoms with van der Waals surface area (Å²) in [7, 11) is -3.40. The van der Waals surface area contributed by atoms with Crippen LogP contribution in [0, 0.1) is 24.5 Å². The number of benzene rings is 1. The third-order valence-electron chi connectivity index (χ3n) is 6.00. The number of hydrogen-bond acceptors (Lipinski definition) is 6. The zero-order valence-electron chi connectivity index (χ0n) is 16.6. The normalized spacial score (nSPS) is 26.2. The molecule has 0 spiro atoms. The fraction of sp³-hybridized carbons (Fsp3) is 0.526. The average Bonchev–Trinajstić information content (AvgIpc) is 3.33. The van der Waals surface area contributed by atoms with Crippen molar-refractivity contribution in [1.82, 2.24) is 19.8 Å². The van der Waals surface area contributed by atoms with Crippen molar-refractivity contribution in [1.29, 1.82) is 0 Å². The number of rotatable bonds is 5. The van der Waals surface area contributed by atoms with Crippen LogP contribution in [0.1, 0.15) is 41.8 Å². The average molecular weight is 440 g/mol. The molecule has 162 valence electrons. The molecular formula is C19H22F2N4O4S. The second kappa shape index (κ2) is 7.38. The summed E-state index contributed by atoms with van der Waals surface area (Å²) in [6.07, 6.45) is 0.866. The van der Waals surface area contributed by atoms with E-state index in [0.717, 1.165) is 12.1 Å². The Labute approximate surface area is 172 Å². The molecule has 1 aliphatic heterocycles. The molecule has 1 saturated carbocycles. The van der Waals surface area contributed by atoms with E-state index in [-0.39, 0.29) is 36.4 Å². The molecule has 3 atom stereocenters. The molecule has 1 N–H and O–H groups in total. The lowest BCUT2D eigenvalue weighted by atomic mass is 9.80. The molecule has 30 heavy (non-hydrogen) atoms. The number of sulfonamides is 1. The summed E-state index contributed by atoms with van der Waals surface area (Å²) in [6, 6.07) is 2.52. The summed E-state index contributed by atoms with van der Waals surface area (Å²) in [6.45, 7) is 3.70. The number of nitrogens with one attached hydrogen (secondary N) is 1. The molecule has 2 fully saturated rings. The quantitative estimate of drug-likeness (QED) is 0.760. The zero-order chi connectivity index (χ0) is 21.7. The van der Waals surface area contributed by atoms with Crippen molar-refractivity contribution in [2.75, 3.05) is 18.8 Å². The van der Waals surface area contributed by atoms with Gasteiger partial charge in [-0.15, -0.1) is 0 Å². The molecule has 1 unspecified atom stereocenters. The van der Waals surface area contributed by atoms with Crippen molar-refractivity contribution >= 4 is 15.9 Å². The number of amides is 1. The number of carbonyl (C=O) groups is 1. The first-order valence-electron chi connectivity index (χ1n) is 9.68. The molecule has 2 aromatic rings. The van der Waals surface area contributed by atoms with Gasteiger partial charge in [0.1, 0.15) is 11.6 Å². The fourth-order valence-electron chi connectivity index (χ4n) is 4.62. The van der Waals surface area contributed by atoms with E-state index >= 15 is 0 Å². The van der Waals surface area contributed by atoms with Crippen molar-refractivity contribution in [2.24, 2.45) is 5.92 Å². The third-order valence-corrected chi connectivity index (χ3v) is 7.46. The minimum atomic E-state index is -3.40. The Bertz CT molecular complexity index is 1090. The zero-order valence-corrected chi connectivity index (χ0v) is 17.4. The maximum atomic E-state index is 14.1. The van der Waals surface area contributed by atoms with Crippen LogP contribution in [0.3, 0.4) is 0 Å². The largest absolute Gasteiger partial charge is 0.339 e. The number of hydrogen-bond donors (Lipinski definition) is 1. The van der Waals surface area contributed by atoms with E-state index in [4.69, 9.17) is 4.52 Å². The Morgan fingerprint density at radius 1 is 1.40 bits per heavy atom. The van der Waals surface area contributed by atoms with Crippen molar-refractivity contribution in [3.8, 4) is 0 Å². The lowest BCUT2D eigenvalue weighted by molar-refractivity contribution is 0.0768. The van der Waals surface area contributed by atoms with Crippen LogP contribution < -0.4 is 4.72 Å². The summed E-state index contributed by atoms with van der Waals surface area (Å²) in [5, 5.41) is 3.85. The second-order valence-electron chi connectivity index (χ2n) is 7.97. The van der Waals surface area contributed by atoms with Gasteiger partial charge >= 0.3 is 0 Å². The van der Waals surface area contributed by atoms with Crippen LogP contribution in [-0.4, -0.2) is 54.2 Å². The Morgan fingerprint density at radius 2 is 2.17 bits per heavy atom. The molecule has 8 nitrogen and oxygen atoms in total. The van der Waals surface area contributed by atoms with E-state index in [1.165, 1.54) is 4.90 Å².